The lowest BCUT2D eigenvalue weighted by atomic mass is 9.84. The van der Waals surface area contributed by atoms with Gasteiger partial charge in [-0.05, 0) is 44.0 Å². The Hall–Kier alpha value is -1.68. The van der Waals surface area contributed by atoms with E-state index >= 15 is 0 Å². The molecule has 0 heterocycles. The molecule has 0 atom stereocenters. The molecule has 0 aromatic heterocycles. The van der Waals surface area contributed by atoms with E-state index in [0.717, 1.165) is 11.1 Å². The number of allylic oxidation sites excluding steroid dienone is 1. The van der Waals surface area contributed by atoms with Crippen LogP contribution in [0.1, 0.15) is 25.0 Å². The Labute approximate surface area is 91.5 Å². The first-order chi connectivity index (χ1) is 6.97. The van der Waals surface area contributed by atoms with Gasteiger partial charge in [0.15, 0.2) is 0 Å². The summed E-state index contributed by atoms with van der Waals surface area (Å²) in [7, 11) is 0. The molecule has 1 rings (SSSR count). The lowest BCUT2D eigenvalue weighted by molar-refractivity contribution is 0.470. The fraction of sp³-hybridized carbons (Fsp3) is 0.286. The summed E-state index contributed by atoms with van der Waals surface area (Å²) in [6.07, 6.45) is 1.59. The van der Waals surface area contributed by atoms with Gasteiger partial charge in [0, 0.05) is 0 Å². The van der Waals surface area contributed by atoms with Crippen molar-refractivity contribution < 1.29 is 5.11 Å². The first kappa shape index (κ1) is 11.4. The molecule has 1 heteroatoms. The molecule has 1 N–H and O–H groups in total. The number of benzene rings is 1. The van der Waals surface area contributed by atoms with Crippen LogP contribution in [0.3, 0.4) is 0 Å². The molecule has 0 unspecified atom stereocenters. The number of rotatable bonds is 1. The second-order valence-electron chi connectivity index (χ2n) is 4.10. The average Bonchev–Trinajstić information content (AvgIpc) is 2.19. The van der Waals surface area contributed by atoms with Gasteiger partial charge in [-0.1, -0.05) is 30.6 Å². The summed E-state index contributed by atoms with van der Waals surface area (Å²) in [6, 6.07) is 5.58. The zero-order chi connectivity index (χ0) is 11.5. The molecule has 0 aliphatic carbocycles. The Morgan fingerprint density at radius 2 is 2.07 bits per heavy atom. The maximum Gasteiger partial charge on any atom is 0.118 e. The third-order valence-electron chi connectivity index (χ3n) is 2.41. The van der Waals surface area contributed by atoms with Gasteiger partial charge in [-0.2, -0.15) is 0 Å². The smallest absolute Gasteiger partial charge is 0.118 e. The van der Waals surface area contributed by atoms with Gasteiger partial charge >= 0.3 is 0 Å². The molecule has 0 aliphatic rings. The van der Waals surface area contributed by atoms with Gasteiger partial charge in [-0.15, -0.1) is 0 Å². The van der Waals surface area contributed by atoms with Gasteiger partial charge < -0.3 is 5.11 Å². The highest BCUT2D eigenvalue weighted by Crippen LogP contribution is 2.26. The zero-order valence-corrected chi connectivity index (χ0v) is 9.46. The maximum absolute atomic E-state index is 9.43. The molecule has 0 aliphatic heterocycles. The van der Waals surface area contributed by atoms with Crippen LogP contribution in [-0.2, 0) is 5.41 Å². The van der Waals surface area contributed by atoms with Crippen LogP contribution >= 0.6 is 0 Å². The molecule has 0 amide bonds. The topological polar surface area (TPSA) is 20.2 Å². The first-order valence-corrected chi connectivity index (χ1v) is 4.91. The van der Waals surface area contributed by atoms with Gasteiger partial charge in [0.25, 0.3) is 0 Å². The van der Waals surface area contributed by atoms with E-state index in [1.54, 1.807) is 12.1 Å². The fourth-order valence-corrected chi connectivity index (χ4v) is 1.35. The van der Waals surface area contributed by atoms with Gasteiger partial charge in [0.2, 0.25) is 0 Å². The van der Waals surface area contributed by atoms with Crippen LogP contribution in [0.15, 0.2) is 30.9 Å². The number of hydrogen-bond donors (Lipinski definition) is 1. The lowest BCUT2D eigenvalue weighted by Crippen LogP contribution is -2.14. The Bertz CT molecular complexity index is 430. The van der Waals surface area contributed by atoms with Crippen molar-refractivity contribution in [2.75, 3.05) is 0 Å². The minimum Gasteiger partial charge on any atom is -0.508 e. The molecule has 0 radical (unpaired) electrons. The van der Waals surface area contributed by atoms with Crippen molar-refractivity contribution >= 4 is 0 Å². The van der Waals surface area contributed by atoms with Crippen LogP contribution in [0.2, 0.25) is 0 Å². The van der Waals surface area contributed by atoms with Crippen molar-refractivity contribution in [2.24, 2.45) is 0 Å². The van der Waals surface area contributed by atoms with Gasteiger partial charge in [-0.3, -0.25) is 0 Å². The first-order valence-electron chi connectivity index (χ1n) is 4.91. The molecule has 0 saturated heterocycles. The van der Waals surface area contributed by atoms with E-state index in [0.29, 0.717) is 5.75 Å². The van der Waals surface area contributed by atoms with E-state index in [9.17, 15) is 5.11 Å². The minimum atomic E-state index is -0.216. The Kier molecular flexibility index (Phi) is 3.21. The number of aryl methyl sites for hydroxylation is 1. The molecular weight excluding hydrogens is 184 g/mol. The molecule has 1 aromatic carbocycles. The molecule has 0 saturated carbocycles. The monoisotopic (exact) mass is 200 g/mol. The summed E-state index contributed by atoms with van der Waals surface area (Å²) in [5.74, 6) is 6.32. The highest BCUT2D eigenvalue weighted by atomic mass is 16.3. The quantitative estimate of drug-likeness (QED) is 0.690. The van der Waals surface area contributed by atoms with E-state index in [2.05, 4.69) is 32.3 Å². The van der Waals surface area contributed by atoms with Crippen LogP contribution in [0.5, 0.6) is 5.75 Å². The second-order valence-corrected chi connectivity index (χ2v) is 4.10. The minimum absolute atomic E-state index is 0.216. The van der Waals surface area contributed by atoms with Crippen molar-refractivity contribution in [3.63, 3.8) is 0 Å². The molecule has 1 aromatic rings. The van der Waals surface area contributed by atoms with E-state index in [1.165, 1.54) is 0 Å². The van der Waals surface area contributed by atoms with Crippen molar-refractivity contribution in [1.82, 2.24) is 0 Å². The number of hydrogen-bond acceptors (Lipinski definition) is 1. The van der Waals surface area contributed by atoms with E-state index in [-0.39, 0.29) is 5.41 Å². The molecule has 0 fully saturated rings. The van der Waals surface area contributed by atoms with E-state index < -0.39 is 0 Å². The van der Waals surface area contributed by atoms with Crippen molar-refractivity contribution in [3.05, 3.63) is 42.0 Å². The average molecular weight is 200 g/mol. The van der Waals surface area contributed by atoms with Gasteiger partial charge in [0.1, 0.15) is 5.75 Å². The second kappa shape index (κ2) is 4.23. The Morgan fingerprint density at radius 1 is 1.40 bits per heavy atom. The number of phenols is 1. The molecular formula is C14H16O. The molecule has 1 nitrogen and oxygen atoms in total. The van der Waals surface area contributed by atoms with E-state index in [4.69, 9.17) is 0 Å². The normalized spacial score (nSPS) is 10.3. The molecule has 15 heavy (non-hydrogen) atoms. The fourth-order valence-electron chi connectivity index (χ4n) is 1.35. The third kappa shape index (κ3) is 2.63. The highest BCUT2D eigenvalue weighted by Gasteiger charge is 2.17. The largest absolute Gasteiger partial charge is 0.508 e. The van der Waals surface area contributed by atoms with Crippen LogP contribution in [-0.4, -0.2) is 5.11 Å². The number of phenolic OH excluding ortho intramolecular Hbond substituents is 1. The predicted octanol–water partition coefficient (Wildman–Crippen LogP) is 3.17. The van der Waals surface area contributed by atoms with Crippen molar-refractivity contribution in [2.45, 2.75) is 26.2 Å². The lowest BCUT2D eigenvalue weighted by Gasteiger charge is -2.18. The van der Waals surface area contributed by atoms with Crippen LogP contribution in [0, 0.1) is 18.8 Å². The SMILES string of the molecule is C=CC#CC(C)(C)c1ccc(O)c(C)c1. The summed E-state index contributed by atoms with van der Waals surface area (Å²) in [5.41, 5.74) is 1.76. The summed E-state index contributed by atoms with van der Waals surface area (Å²) in [5, 5.41) is 9.43. The maximum atomic E-state index is 9.43. The Balaban J connectivity index is 3.15. The summed E-state index contributed by atoms with van der Waals surface area (Å²) in [6.45, 7) is 9.56. The standard InChI is InChI=1S/C14H16O/c1-5-6-9-14(3,4)12-7-8-13(15)11(2)10-12/h5,7-8,10,15H,1H2,2-4H3. The molecule has 78 valence electrons. The third-order valence-corrected chi connectivity index (χ3v) is 2.41. The van der Waals surface area contributed by atoms with Crippen LogP contribution < -0.4 is 0 Å². The van der Waals surface area contributed by atoms with Crippen LogP contribution in [0.4, 0.5) is 0 Å². The molecule has 0 bridgehead atoms. The van der Waals surface area contributed by atoms with Gasteiger partial charge in [-0.25, -0.2) is 0 Å². The summed E-state index contributed by atoms with van der Waals surface area (Å²) >= 11 is 0. The zero-order valence-electron chi connectivity index (χ0n) is 9.46. The highest BCUT2D eigenvalue weighted by molar-refractivity contribution is 5.42. The molecule has 0 spiro atoms. The Morgan fingerprint density at radius 3 is 2.60 bits per heavy atom. The van der Waals surface area contributed by atoms with Crippen molar-refractivity contribution in [3.8, 4) is 17.6 Å². The number of aromatic hydroxyl groups is 1. The predicted molar refractivity (Wildman–Crippen MR) is 63.8 cm³/mol. The van der Waals surface area contributed by atoms with Crippen LogP contribution in [0.25, 0.3) is 0 Å². The summed E-state index contributed by atoms with van der Waals surface area (Å²) < 4.78 is 0. The van der Waals surface area contributed by atoms with Gasteiger partial charge in [0.05, 0.1) is 5.41 Å². The van der Waals surface area contributed by atoms with E-state index in [1.807, 2.05) is 19.1 Å². The summed E-state index contributed by atoms with van der Waals surface area (Å²) in [4.78, 5) is 0. The van der Waals surface area contributed by atoms with Crippen molar-refractivity contribution in [1.29, 1.82) is 0 Å².